The van der Waals surface area contributed by atoms with E-state index < -0.39 is 0 Å². The summed E-state index contributed by atoms with van der Waals surface area (Å²) in [6.07, 6.45) is 0. The number of nitrogens with one attached hydrogen (secondary N) is 1. The molecule has 4 heteroatoms. The van der Waals surface area contributed by atoms with Crippen molar-refractivity contribution in [2.75, 3.05) is 25.6 Å². The van der Waals surface area contributed by atoms with Crippen molar-refractivity contribution in [1.29, 1.82) is 0 Å². The fourth-order valence-electron chi connectivity index (χ4n) is 1.31. The normalized spacial score (nSPS) is 10.5. The first-order valence-electron chi connectivity index (χ1n) is 4.39. The standard InChI is InChI=1S/C9H17N3O/c1-7-9(10-5-6-13-4)8(2)12(3)11-7/h10H,5-6H2,1-4H3. The van der Waals surface area contributed by atoms with Crippen molar-refractivity contribution in [2.24, 2.45) is 7.05 Å². The molecule has 0 amide bonds. The van der Waals surface area contributed by atoms with Gasteiger partial charge in [-0.05, 0) is 13.8 Å². The maximum absolute atomic E-state index is 4.96. The van der Waals surface area contributed by atoms with Crippen LogP contribution in [-0.4, -0.2) is 30.0 Å². The Bertz CT molecular complexity index is 281. The van der Waals surface area contributed by atoms with E-state index in [9.17, 15) is 0 Å². The molecule has 0 aliphatic rings. The summed E-state index contributed by atoms with van der Waals surface area (Å²) in [6, 6.07) is 0. The number of aromatic nitrogens is 2. The zero-order chi connectivity index (χ0) is 9.84. The van der Waals surface area contributed by atoms with Crippen LogP contribution < -0.4 is 5.32 Å². The Hall–Kier alpha value is -1.03. The molecule has 13 heavy (non-hydrogen) atoms. The molecular formula is C9H17N3O. The van der Waals surface area contributed by atoms with Crippen molar-refractivity contribution in [3.05, 3.63) is 11.4 Å². The van der Waals surface area contributed by atoms with Gasteiger partial charge in [0.15, 0.2) is 0 Å². The largest absolute Gasteiger partial charge is 0.383 e. The van der Waals surface area contributed by atoms with E-state index in [1.165, 1.54) is 0 Å². The Balaban J connectivity index is 2.64. The molecule has 1 rings (SSSR count). The molecule has 0 bridgehead atoms. The van der Waals surface area contributed by atoms with Crippen molar-refractivity contribution in [2.45, 2.75) is 13.8 Å². The highest BCUT2D eigenvalue weighted by molar-refractivity contribution is 5.51. The van der Waals surface area contributed by atoms with Crippen molar-refractivity contribution in [3.63, 3.8) is 0 Å². The molecule has 1 N–H and O–H groups in total. The molecule has 1 aromatic heterocycles. The van der Waals surface area contributed by atoms with Gasteiger partial charge in [-0.1, -0.05) is 0 Å². The Kier molecular flexibility index (Phi) is 3.31. The summed E-state index contributed by atoms with van der Waals surface area (Å²) in [5.41, 5.74) is 3.32. The second-order valence-corrected chi connectivity index (χ2v) is 3.09. The molecule has 0 radical (unpaired) electrons. The lowest BCUT2D eigenvalue weighted by molar-refractivity contribution is 0.211. The van der Waals surface area contributed by atoms with Crippen molar-refractivity contribution >= 4 is 5.69 Å². The van der Waals surface area contributed by atoms with Crippen LogP contribution >= 0.6 is 0 Å². The van der Waals surface area contributed by atoms with Gasteiger partial charge in [-0.3, -0.25) is 4.68 Å². The van der Waals surface area contributed by atoms with Crippen LogP contribution in [0.1, 0.15) is 11.4 Å². The number of nitrogens with zero attached hydrogens (tertiary/aromatic N) is 2. The number of hydrogen-bond acceptors (Lipinski definition) is 3. The number of anilines is 1. The van der Waals surface area contributed by atoms with Crippen LogP contribution in [0.4, 0.5) is 5.69 Å². The number of rotatable bonds is 4. The first kappa shape index (κ1) is 10.1. The molecule has 0 aliphatic heterocycles. The number of hydrogen-bond donors (Lipinski definition) is 1. The summed E-state index contributed by atoms with van der Waals surface area (Å²) < 4.78 is 6.84. The van der Waals surface area contributed by atoms with Gasteiger partial charge >= 0.3 is 0 Å². The molecule has 0 aliphatic carbocycles. The monoisotopic (exact) mass is 183 g/mol. The van der Waals surface area contributed by atoms with Gasteiger partial charge in [0.25, 0.3) is 0 Å². The fraction of sp³-hybridized carbons (Fsp3) is 0.667. The number of methoxy groups -OCH3 is 1. The van der Waals surface area contributed by atoms with Crippen LogP contribution in [0.3, 0.4) is 0 Å². The van der Waals surface area contributed by atoms with E-state index in [1.807, 2.05) is 18.7 Å². The molecule has 0 unspecified atom stereocenters. The molecule has 1 aromatic rings. The Morgan fingerprint density at radius 3 is 2.62 bits per heavy atom. The van der Waals surface area contributed by atoms with E-state index in [4.69, 9.17) is 4.74 Å². The van der Waals surface area contributed by atoms with Gasteiger partial charge < -0.3 is 10.1 Å². The minimum absolute atomic E-state index is 0.716. The van der Waals surface area contributed by atoms with E-state index in [-0.39, 0.29) is 0 Å². The van der Waals surface area contributed by atoms with E-state index >= 15 is 0 Å². The highest BCUT2D eigenvalue weighted by atomic mass is 16.5. The molecule has 0 saturated heterocycles. The highest BCUT2D eigenvalue weighted by Gasteiger charge is 2.07. The van der Waals surface area contributed by atoms with E-state index in [1.54, 1.807) is 7.11 Å². The molecule has 0 saturated carbocycles. The molecule has 1 heterocycles. The summed E-state index contributed by atoms with van der Waals surface area (Å²) in [5, 5.41) is 7.60. The average Bonchev–Trinajstić information content (AvgIpc) is 2.32. The van der Waals surface area contributed by atoms with E-state index in [0.717, 1.165) is 23.6 Å². The molecular weight excluding hydrogens is 166 g/mol. The van der Waals surface area contributed by atoms with Gasteiger partial charge in [0.1, 0.15) is 0 Å². The molecule has 0 spiro atoms. The van der Waals surface area contributed by atoms with E-state index in [2.05, 4.69) is 17.3 Å². The van der Waals surface area contributed by atoms with Gasteiger partial charge in [-0.2, -0.15) is 5.10 Å². The van der Waals surface area contributed by atoms with Crippen LogP contribution in [-0.2, 0) is 11.8 Å². The van der Waals surface area contributed by atoms with E-state index in [0.29, 0.717) is 6.61 Å². The van der Waals surface area contributed by atoms with Gasteiger partial charge in [0.2, 0.25) is 0 Å². The van der Waals surface area contributed by atoms with Gasteiger partial charge in [0.05, 0.1) is 23.7 Å². The van der Waals surface area contributed by atoms with Gasteiger partial charge in [-0.25, -0.2) is 0 Å². The van der Waals surface area contributed by atoms with Gasteiger partial charge in [-0.15, -0.1) is 0 Å². The summed E-state index contributed by atoms with van der Waals surface area (Å²) in [7, 11) is 3.65. The molecule has 4 nitrogen and oxygen atoms in total. The zero-order valence-electron chi connectivity index (χ0n) is 8.72. The Morgan fingerprint density at radius 1 is 1.46 bits per heavy atom. The lowest BCUT2D eigenvalue weighted by Gasteiger charge is -2.05. The fourth-order valence-corrected chi connectivity index (χ4v) is 1.31. The van der Waals surface area contributed by atoms with Gasteiger partial charge in [0, 0.05) is 20.7 Å². The minimum atomic E-state index is 0.716. The van der Waals surface area contributed by atoms with Crippen LogP contribution in [0.5, 0.6) is 0 Å². The number of aryl methyl sites for hydroxylation is 2. The third-order valence-electron chi connectivity index (χ3n) is 2.12. The average molecular weight is 183 g/mol. The van der Waals surface area contributed by atoms with Crippen LogP contribution in [0.25, 0.3) is 0 Å². The lowest BCUT2D eigenvalue weighted by atomic mass is 10.3. The molecule has 74 valence electrons. The van der Waals surface area contributed by atoms with Crippen molar-refractivity contribution in [3.8, 4) is 0 Å². The predicted octanol–water partition coefficient (Wildman–Crippen LogP) is 1.10. The first-order valence-corrected chi connectivity index (χ1v) is 4.39. The highest BCUT2D eigenvalue weighted by Crippen LogP contribution is 2.17. The molecule has 0 atom stereocenters. The smallest absolute Gasteiger partial charge is 0.0827 e. The SMILES string of the molecule is COCCNc1c(C)nn(C)c1C. The zero-order valence-corrected chi connectivity index (χ0v) is 8.72. The summed E-state index contributed by atoms with van der Waals surface area (Å²) in [4.78, 5) is 0. The van der Waals surface area contributed by atoms with Crippen LogP contribution in [0.2, 0.25) is 0 Å². The molecule has 0 aromatic carbocycles. The summed E-state index contributed by atoms with van der Waals surface area (Å²) in [6.45, 7) is 5.59. The minimum Gasteiger partial charge on any atom is -0.383 e. The lowest BCUT2D eigenvalue weighted by Crippen LogP contribution is -2.08. The summed E-state index contributed by atoms with van der Waals surface area (Å²) >= 11 is 0. The topological polar surface area (TPSA) is 39.1 Å². The third kappa shape index (κ3) is 2.21. The molecule has 0 fully saturated rings. The van der Waals surface area contributed by atoms with Crippen molar-refractivity contribution in [1.82, 2.24) is 9.78 Å². The second kappa shape index (κ2) is 4.28. The maximum atomic E-state index is 4.96. The first-order chi connectivity index (χ1) is 6.16. The van der Waals surface area contributed by atoms with Crippen molar-refractivity contribution < 1.29 is 4.74 Å². The van der Waals surface area contributed by atoms with Crippen LogP contribution in [0.15, 0.2) is 0 Å². The Morgan fingerprint density at radius 2 is 2.15 bits per heavy atom. The quantitative estimate of drug-likeness (QED) is 0.710. The maximum Gasteiger partial charge on any atom is 0.0827 e. The van der Waals surface area contributed by atoms with Crippen LogP contribution in [0, 0.1) is 13.8 Å². The summed E-state index contributed by atoms with van der Waals surface area (Å²) in [5.74, 6) is 0. The second-order valence-electron chi connectivity index (χ2n) is 3.09. The predicted molar refractivity (Wildman–Crippen MR) is 53.0 cm³/mol. The third-order valence-corrected chi connectivity index (χ3v) is 2.12. The Labute approximate surface area is 78.9 Å². The number of ether oxygens (including phenoxy) is 1.